The molecule has 0 saturated carbocycles. The van der Waals surface area contributed by atoms with Crippen LogP contribution in [0.1, 0.15) is 20.8 Å². The molecule has 0 bridgehead atoms. The third-order valence-electron chi connectivity index (χ3n) is 3.21. The van der Waals surface area contributed by atoms with Gasteiger partial charge < -0.3 is 15.4 Å². The molecule has 24 heavy (non-hydrogen) atoms. The van der Waals surface area contributed by atoms with Crippen LogP contribution < -0.4 is 15.4 Å². The van der Waals surface area contributed by atoms with E-state index in [0.717, 1.165) is 0 Å². The normalized spacial score (nSPS) is 11.0. The maximum absolute atomic E-state index is 12.6. The quantitative estimate of drug-likeness (QED) is 0.681. The second-order valence-electron chi connectivity index (χ2n) is 4.76. The van der Waals surface area contributed by atoms with Crippen molar-refractivity contribution in [2.45, 2.75) is 25.7 Å². The van der Waals surface area contributed by atoms with Crippen LogP contribution in [0.5, 0.6) is 5.75 Å². The van der Waals surface area contributed by atoms with Crippen LogP contribution in [0.2, 0.25) is 0 Å². The number of nitrogens with zero attached hydrogens (tertiary/aromatic N) is 1. The van der Waals surface area contributed by atoms with Gasteiger partial charge in [-0.05, 0) is 32.2 Å². The fourth-order valence-electron chi connectivity index (χ4n) is 2.12. The van der Waals surface area contributed by atoms with E-state index in [0.29, 0.717) is 31.1 Å². The number of anilines is 1. The number of carbonyl (C=O) groups excluding carboxylic acids is 1. The Morgan fingerprint density at radius 1 is 1.21 bits per heavy atom. The standard InChI is InChI=1S/C15H25N3O4S.ClH/c1-5-18(6-2)23(20,21)12-8-9-14(22-7-3)13(10-12)17-15(19)11-16-4;/h8-10,16H,5-7,11H2,1-4H3,(H,17,19);1H. The minimum absolute atomic E-state index is 0. The topological polar surface area (TPSA) is 87.7 Å². The van der Waals surface area contributed by atoms with Crippen molar-refractivity contribution >= 4 is 34.0 Å². The maximum atomic E-state index is 12.6. The molecule has 2 N–H and O–H groups in total. The zero-order valence-corrected chi connectivity index (χ0v) is 16.1. The third-order valence-corrected chi connectivity index (χ3v) is 5.25. The highest BCUT2D eigenvalue weighted by atomic mass is 35.5. The predicted molar refractivity (Wildman–Crippen MR) is 97.5 cm³/mol. The summed E-state index contributed by atoms with van der Waals surface area (Å²) in [6.45, 7) is 6.69. The van der Waals surface area contributed by atoms with Crippen molar-refractivity contribution in [3.63, 3.8) is 0 Å². The van der Waals surface area contributed by atoms with Crippen LogP contribution in [0.15, 0.2) is 23.1 Å². The number of ether oxygens (including phenoxy) is 1. The average molecular weight is 380 g/mol. The number of amides is 1. The molecule has 0 unspecified atom stereocenters. The lowest BCUT2D eigenvalue weighted by atomic mass is 10.3. The summed E-state index contributed by atoms with van der Waals surface area (Å²) in [7, 11) is -1.94. The van der Waals surface area contributed by atoms with Crippen molar-refractivity contribution in [3.05, 3.63) is 18.2 Å². The van der Waals surface area contributed by atoms with Crippen molar-refractivity contribution < 1.29 is 17.9 Å². The highest BCUT2D eigenvalue weighted by molar-refractivity contribution is 7.89. The Balaban J connectivity index is 0.00000529. The number of hydrogen-bond acceptors (Lipinski definition) is 5. The monoisotopic (exact) mass is 379 g/mol. The van der Waals surface area contributed by atoms with Crippen molar-refractivity contribution in [1.82, 2.24) is 9.62 Å². The predicted octanol–water partition coefficient (Wildman–Crippen LogP) is 1.70. The molecule has 0 fully saturated rings. The van der Waals surface area contributed by atoms with Gasteiger partial charge in [-0.1, -0.05) is 13.8 Å². The van der Waals surface area contributed by atoms with E-state index in [9.17, 15) is 13.2 Å². The van der Waals surface area contributed by atoms with Crippen LogP contribution in [0.25, 0.3) is 0 Å². The van der Waals surface area contributed by atoms with Gasteiger partial charge in [-0.3, -0.25) is 4.79 Å². The molecule has 0 heterocycles. The highest BCUT2D eigenvalue weighted by Crippen LogP contribution is 2.29. The van der Waals surface area contributed by atoms with Crippen molar-refractivity contribution in [2.75, 3.05) is 38.6 Å². The molecule has 1 rings (SSSR count). The van der Waals surface area contributed by atoms with Gasteiger partial charge in [-0.2, -0.15) is 4.31 Å². The molecule has 0 aliphatic carbocycles. The molecule has 1 aromatic rings. The van der Waals surface area contributed by atoms with Gasteiger partial charge in [-0.15, -0.1) is 12.4 Å². The molecule has 0 aromatic heterocycles. The van der Waals surface area contributed by atoms with Crippen molar-refractivity contribution in [2.24, 2.45) is 0 Å². The molecule has 1 aromatic carbocycles. The highest BCUT2D eigenvalue weighted by Gasteiger charge is 2.23. The number of hydrogen-bond donors (Lipinski definition) is 2. The number of halogens is 1. The molecule has 0 saturated heterocycles. The molecule has 1 amide bonds. The minimum atomic E-state index is -3.59. The summed E-state index contributed by atoms with van der Waals surface area (Å²) in [6, 6.07) is 4.49. The average Bonchev–Trinajstić information content (AvgIpc) is 2.50. The van der Waals surface area contributed by atoms with E-state index in [2.05, 4.69) is 10.6 Å². The maximum Gasteiger partial charge on any atom is 0.243 e. The zero-order chi connectivity index (χ0) is 17.5. The summed E-state index contributed by atoms with van der Waals surface area (Å²) >= 11 is 0. The first-order chi connectivity index (χ1) is 10.9. The van der Waals surface area contributed by atoms with Gasteiger partial charge in [0.15, 0.2) is 0 Å². The van der Waals surface area contributed by atoms with Gasteiger partial charge in [0, 0.05) is 13.1 Å². The van der Waals surface area contributed by atoms with E-state index >= 15 is 0 Å². The van der Waals surface area contributed by atoms with E-state index < -0.39 is 10.0 Å². The second-order valence-corrected chi connectivity index (χ2v) is 6.70. The molecule has 0 aliphatic rings. The second kappa shape index (κ2) is 10.5. The van der Waals surface area contributed by atoms with E-state index in [1.807, 2.05) is 6.92 Å². The summed E-state index contributed by atoms with van der Waals surface area (Å²) in [4.78, 5) is 11.9. The SMILES string of the molecule is CCOc1ccc(S(=O)(=O)N(CC)CC)cc1NC(=O)CNC.Cl. The fraction of sp³-hybridized carbons (Fsp3) is 0.533. The molecular weight excluding hydrogens is 354 g/mol. The number of likely N-dealkylation sites (N-methyl/N-ethyl adjacent to an activating group) is 1. The smallest absolute Gasteiger partial charge is 0.243 e. The number of carbonyl (C=O) groups is 1. The van der Waals surface area contributed by atoms with E-state index in [4.69, 9.17) is 4.74 Å². The zero-order valence-electron chi connectivity index (χ0n) is 14.5. The Morgan fingerprint density at radius 2 is 1.83 bits per heavy atom. The third kappa shape index (κ3) is 5.62. The van der Waals surface area contributed by atoms with Gasteiger partial charge in [0.2, 0.25) is 15.9 Å². The van der Waals surface area contributed by atoms with Gasteiger partial charge in [0.25, 0.3) is 0 Å². The van der Waals surface area contributed by atoms with Crippen LogP contribution in [0, 0.1) is 0 Å². The lowest BCUT2D eigenvalue weighted by molar-refractivity contribution is -0.115. The summed E-state index contributed by atoms with van der Waals surface area (Å²) in [5.41, 5.74) is 0.348. The Bertz CT molecular complexity index is 634. The van der Waals surface area contributed by atoms with E-state index in [1.54, 1.807) is 27.0 Å². The van der Waals surface area contributed by atoms with E-state index in [1.165, 1.54) is 16.4 Å². The molecule has 9 heteroatoms. The van der Waals surface area contributed by atoms with Gasteiger partial charge in [-0.25, -0.2) is 8.42 Å². The van der Waals surface area contributed by atoms with Crippen LogP contribution in [-0.4, -0.2) is 51.9 Å². The molecule has 0 aliphatic heterocycles. The lowest BCUT2D eigenvalue weighted by Gasteiger charge is -2.20. The van der Waals surface area contributed by atoms with Crippen LogP contribution >= 0.6 is 12.4 Å². The van der Waals surface area contributed by atoms with Crippen molar-refractivity contribution in [1.29, 1.82) is 0 Å². The van der Waals surface area contributed by atoms with Crippen LogP contribution in [0.3, 0.4) is 0 Å². The molecule has 138 valence electrons. The van der Waals surface area contributed by atoms with Crippen molar-refractivity contribution in [3.8, 4) is 5.75 Å². The molecular formula is C15H26ClN3O4S. The Kier molecular flexibility index (Phi) is 9.91. The van der Waals surface area contributed by atoms with Gasteiger partial charge >= 0.3 is 0 Å². The lowest BCUT2D eigenvalue weighted by Crippen LogP contribution is -2.31. The largest absolute Gasteiger partial charge is 0.492 e. The van der Waals surface area contributed by atoms with Gasteiger partial charge in [0.05, 0.1) is 23.7 Å². The molecule has 0 atom stereocenters. The fourth-order valence-corrected chi connectivity index (χ4v) is 3.60. The first-order valence-corrected chi connectivity index (χ1v) is 9.06. The molecule has 0 radical (unpaired) electrons. The van der Waals surface area contributed by atoms with Gasteiger partial charge in [0.1, 0.15) is 5.75 Å². The first-order valence-electron chi connectivity index (χ1n) is 7.62. The summed E-state index contributed by atoms with van der Waals surface area (Å²) < 4.78 is 32.0. The Hall–Kier alpha value is -1.35. The first kappa shape index (κ1) is 22.6. The van der Waals surface area contributed by atoms with Crippen LogP contribution in [0.4, 0.5) is 5.69 Å². The summed E-state index contributed by atoms with van der Waals surface area (Å²) in [5.74, 6) is 0.168. The minimum Gasteiger partial charge on any atom is -0.492 e. The number of benzene rings is 1. The summed E-state index contributed by atoms with van der Waals surface area (Å²) in [6.07, 6.45) is 0. The summed E-state index contributed by atoms with van der Waals surface area (Å²) in [5, 5.41) is 5.42. The van der Waals surface area contributed by atoms with Crippen LogP contribution in [-0.2, 0) is 14.8 Å². The number of rotatable bonds is 9. The molecule has 0 spiro atoms. The Labute approximate surface area is 150 Å². The number of nitrogens with one attached hydrogen (secondary N) is 2. The molecule has 7 nitrogen and oxygen atoms in total. The number of sulfonamides is 1. The van der Waals surface area contributed by atoms with E-state index in [-0.39, 0.29) is 29.8 Å². The Morgan fingerprint density at radius 3 is 2.33 bits per heavy atom.